The molecule has 0 aliphatic rings. The summed E-state index contributed by atoms with van der Waals surface area (Å²) in [5, 5.41) is 6.69. The van der Waals surface area contributed by atoms with Gasteiger partial charge in [0.25, 0.3) is 0 Å². The number of halogens is 3. The molecule has 0 amide bonds. The van der Waals surface area contributed by atoms with Crippen LogP contribution in [0.2, 0.25) is 0 Å². The minimum atomic E-state index is -3.56. The number of hydrazine groups is 1. The van der Waals surface area contributed by atoms with Gasteiger partial charge in [-0.05, 0) is 16.8 Å². The van der Waals surface area contributed by atoms with E-state index in [0.29, 0.717) is 0 Å². The molecule has 0 fully saturated rings. The Labute approximate surface area is 77.0 Å². The van der Waals surface area contributed by atoms with Gasteiger partial charge in [-0.25, -0.2) is 5.43 Å². The van der Waals surface area contributed by atoms with Gasteiger partial charge in [0.1, 0.15) is 0 Å². The molecule has 6 nitrogen and oxygen atoms in total. The minimum Gasteiger partial charge on any atom is -0.271 e. The van der Waals surface area contributed by atoms with Crippen LogP contribution in [-0.4, -0.2) is 25.6 Å². The van der Waals surface area contributed by atoms with E-state index in [1.165, 1.54) is 7.05 Å². The van der Waals surface area contributed by atoms with E-state index >= 15 is 0 Å². The van der Waals surface area contributed by atoms with Gasteiger partial charge >= 0.3 is 5.38 Å². The molecular weight excluding hydrogens is 206 g/mol. The van der Waals surface area contributed by atoms with E-state index in [1.54, 1.807) is 0 Å². The van der Waals surface area contributed by atoms with Gasteiger partial charge in [0.05, 0.1) is 7.05 Å². The quantitative estimate of drug-likeness (QED) is 0.403. The first-order chi connectivity index (χ1) is 5.95. The maximum atomic E-state index is 12.6. The SMILES string of the molecule is Cn1nnc(C(NN)C(F)(F)Cl)n1. The Morgan fingerprint density at radius 2 is 2.31 bits per heavy atom. The number of aromatic nitrogens is 4. The molecule has 0 aliphatic carbocycles. The molecule has 0 aliphatic heterocycles. The Kier molecular flexibility index (Phi) is 2.74. The first-order valence-corrected chi connectivity index (χ1v) is 3.59. The highest BCUT2D eigenvalue weighted by Gasteiger charge is 2.40. The van der Waals surface area contributed by atoms with Crippen molar-refractivity contribution in [3.05, 3.63) is 5.82 Å². The Balaban J connectivity index is 2.91. The fourth-order valence-electron chi connectivity index (χ4n) is 0.730. The third kappa shape index (κ3) is 2.29. The molecule has 3 N–H and O–H groups in total. The normalized spacial score (nSPS) is 14.5. The van der Waals surface area contributed by atoms with Crippen molar-refractivity contribution in [2.24, 2.45) is 12.9 Å². The van der Waals surface area contributed by atoms with Gasteiger partial charge in [0.15, 0.2) is 6.04 Å². The van der Waals surface area contributed by atoms with E-state index < -0.39 is 11.4 Å². The van der Waals surface area contributed by atoms with Crippen molar-refractivity contribution in [1.29, 1.82) is 0 Å². The van der Waals surface area contributed by atoms with Crippen LogP contribution in [-0.2, 0) is 7.05 Å². The van der Waals surface area contributed by atoms with E-state index in [-0.39, 0.29) is 5.82 Å². The van der Waals surface area contributed by atoms with Crippen molar-refractivity contribution < 1.29 is 8.78 Å². The number of tetrazole rings is 1. The Morgan fingerprint density at radius 1 is 1.69 bits per heavy atom. The van der Waals surface area contributed by atoms with Gasteiger partial charge < -0.3 is 0 Å². The number of nitrogens with two attached hydrogens (primary N) is 1. The lowest BCUT2D eigenvalue weighted by molar-refractivity contribution is 0.0462. The van der Waals surface area contributed by atoms with Crippen LogP contribution in [0.15, 0.2) is 0 Å². The van der Waals surface area contributed by atoms with Crippen LogP contribution in [0.3, 0.4) is 0 Å². The van der Waals surface area contributed by atoms with Crippen LogP contribution in [0.25, 0.3) is 0 Å². The molecule has 13 heavy (non-hydrogen) atoms. The molecule has 1 heterocycles. The summed E-state index contributed by atoms with van der Waals surface area (Å²) in [5.41, 5.74) is 1.81. The van der Waals surface area contributed by atoms with Gasteiger partial charge in [-0.2, -0.15) is 13.6 Å². The zero-order chi connectivity index (χ0) is 10.1. The van der Waals surface area contributed by atoms with Crippen LogP contribution < -0.4 is 11.3 Å². The van der Waals surface area contributed by atoms with Crippen molar-refractivity contribution in [3.63, 3.8) is 0 Å². The van der Waals surface area contributed by atoms with Crippen LogP contribution in [0, 0.1) is 0 Å². The number of nitrogens with zero attached hydrogens (tertiary/aromatic N) is 4. The summed E-state index contributed by atoms with van der Waals surface area (Å²) in [5.74, 6) is 4.61. The second-order valence-electron chi connectivity index (χ2n) is 2.28. The summed E-state index contributed by atoms with van der Waals surface area (Å²) >= 11 is 4.75. The molecule has 1 aromatic heterocycles. The number of aryl methyl sites for hydroxylation is 1. The molecule has 0 saturated heterocycles. The van der Waals surface area contributed by atoms with E-state index in [4.69, 9.17) is 17.4 Å². The van der Waals surface area contributed by atoms with Crippen LogP contribution in [0.4, 0.5) is 8.78 Å². The van der Waals surface area contributed by atoms with Crippen molar-refractivity contribution in [2.45, 2.75) is 11.4 Å². The zero-order valence-corrected chi connectivity index (χ0v) is 7.33. The summed E-state index contributed by atoms with van der Waals surface area (Å²) in [7, 11) is 1.44. The maximum Gasteiger partial charge on any atom is 0.345 e. The molecule has 1 aromatic rings. The third-order valence-electron chi connectivity index (χ3n) is 1.28. The maximum absolute atomic E-state index is 12.6. The minimum absolute atomic E-state index is 0.259. The molecule has 74 valence electrons. The Morgan fingerprint density at radius 3 is 2.62 bits per heavy atom. The van der Waals surface area contributed by atoms with Crippen LogP contribution >= 0.6 is 11.6 Å². The predicted octanol–water partition coefficient (Wildman–Crippen LogP) is -0.454. The molecule has 1 rings (SSSR count). The summed E-state index contributed by atoms with van der Waals surface area (Å²) in [4.78, 5) is 1.03. The van der Waals surface area contributed by atoms with Crippen LogP contribution in [0.1, 0.15) is 11.9 Å². The molecular formula is C4H7ClF2N6. The van der Waals surface area contributed by atoms with E-state index in [0.717, 1.165) is 4.80 Å². The number of hydrogen-bond acceptors (Lipinski definition) is 5. The molecule has 9 heteroatoms. The summed E-state index contributed by atoms with van der Waals surface area (Å²) in [6.45, 7) is 0. The predicted molar refractivity (Wildman–Crippen MR) is 39.7 cm³/mol. The lowest BCUT2D eigenvalue weighted by Crippen LogP contribution is -2.38. The molecule has 0 spiro atoms. The highest BCUT2D eigenvalue weighted by atomic mass is 35.5. The monoisotopic (exact) mass is 212 g/mol. The Bertz CT molecular complexity index is 282. The highest BCUT2D eigenvalue weighted by Crippen LogP contribution is 2.32. The average molecular weight is 213 g/mol. The lowest BCUT2D eigenvalue weighted by atomic mass is 10.3. The summed E-state index contributed by atoms with van der Waals surface area (Å²) in [6.07, 6.45) is 0. The second-order valence-corrected chi connectivity index (χ2v) is 2.78. The van der Waals surface area contributed by atoms with Crippen molar-refractivity contribution >= 4 is 11.6 Å². The number of nitrogens with one attached hydrogen (secondary N) is 1. The van der Waals surface area contributed by atoms with Gasteiger partial charge in [-0.1, -0.05) is 0 Å². The van der Waals surface area contributed by atoms with Gasteiger partial charge in [-0.3, -0.25) is 5.84 Å². The highest BCUT2D eigenvalue weighted by molar-refractivity contribution is 6.22. The Hall–Kier alpha value is -0.860. The van der Waals surface area contributed by atoms with Crippen molar-refractivity contribution in [1.82, 2.24) is 25.6 Å². The van der Waals surface area contributed by atoms with Crippen molar-refractivity contribution in [2.75, 3.05) is 0 Å². The van der Waals surface area contributed by atoms with Gasteiger partial charge in [0.2, 0.25) is 5.82 Å². The zero-order valence-electron chi connectivity index (χ0n) is 6.58. The second kappa shape index (κ2) is 3.48. The molecule has 0 saturated carbocycles. The summed E-state index contributed by atoms with van der Waals surface area (Å²) in [6, 6.07) is -1.65. The molecule has 1 unspecified atom stereocenters. The first kappa shape index (κ1) is 10.2. The number of alkyl halides is 3. The first-order valence-electron chi connectivity index (χ1n) is 3.22. The largest absolute Gasteiger partial charge is 0.345 e. The van der Waals surface area contributed by atoms with Gasteiger partial charge in [-0.15, -0.1) is 10.2 Å². The average Bonchev–Trinajstić information content (AvgIpc) is 2.34. The molecule has 1 atom stereocenters. The van der Waals surface area contributed by atoms with Crippen LogP contribution in [0.5, 0.6) is 0 Å². The van der Waals surface area contributed by atoms with E-state index in [2.05, 4.69) is 15.4 Å². The fraction of sp³-hybridized carbons (Fsp3) is 0.750. The smallest absolute Gasteiger partial charge is 0.271 e. The van der Waals surface area contributed by atoms with Crippen molar-refractivity contribution in [3.8, 4) is 0 Å². The third-order valence-corrected chi connectivity index (χ3v) is 1.49. The van der Waals surface area contributed by atoms with E-state index in [9.17, 15) is 8.78 Å². The number of hydrogen-bond donors (Lipinski definition) is 2. The summed E-state index contributed by atoms with van der Waals surface area (Å²) < 4.78 is 25.2. The standard InChI is InChI=1S/C4H7ClF2N6/c1-13-11-3(10-12-13)2(9-8)4(5,6)7/h2,9H,8H2,1H3. The van der Waals surface area contributed by atoms with Gasteiger partial charge in [0, 0.05) is 0 Å². The lowest BCUT2D eigenvalue weighted by Gasteiger charge is -2.16. The molecule has 0 aromatic carbocycles. The van der Waals surface area contributed by atoms with E-state index in [1.807, 2.05) is 5.43 Å². The molecule has 0 radical (unpaired) electrons. The fourth-order valence-corrected chi connectivity index (χ4v) is 0.890. The number of rotatable bonds is 3. The topological polar surface area (TPSA) is 81.7 Å². The molecule has 0 bridgehead atoms.